The molecule has 1 aliphatic heterocycles. The number of hydrogen-bond donors (Lipinski definition) is 1. The molecule has 0 aromatic carbocycles. The molecule has 1 unspecified atom stereocenters. The molecule has 2 rings (SSSR count). The summed E-state index contributed by atoms with van der Waals surface area (Å²) in [4.78, 5) is 8.48. The predicted molar refractivity (Wildman–Crippen MR) is 62.3 cm³/mol. The molecule has 0 aliphatic carbocycles. The minimum atomic E-state index is 0.405. The Labute approximate surface area is 92.0 Å². The molecular formula is C9H10ClN3S. The van der Waals surface area contributed by atoms with Crippen LogP contribution in [0.5, 0.6) is 0 Å². The number of aromatic nitrogens is 1. The molecule has 0 saturated carbocycles. The zero-order valence-electron chi connectivity index (χ0n) is 7.48. The second-order valence-corrected chi connectivity index (χ2v) is 4.48. The molecular weight excluding hydrogens is 218 g/mol. The smallest absolute Gasteiger partial charge is 0.162 e. The summed E-state index contributed by atoms with van der Waals surface area (Å²) in [6.45, 7) is 0.795. The lowest BCUT2D eigenvalue weighted by Crippen LogP contribution is -2.09. The highest BCUT2D eigenvalue weighted by Gasteiger charge is 2.18. The minimum Gasteiger partial charge on any atom is -0.320 e. The van der Waals surface area contributed by atoms with E-state index in [1.54, 1.807) is 18.0 Å². The summed E-state index contributed by atoms with van der Waals surface area (Å²) in [7, 11) is 0. The Bertz CT molecular complexity index is 328. The Morgan fingerprint density at radius 2 is 2.50 bits per heavy atom. The summed E-state index contributed by atoms with van der Waals surface area (Å²) in [6, 6.07) is 5.74. The summed E-state index contributed by atoms with van der Waals surface area (Å²) in [5, 5.41) is 4.47. The fraction of sp³-hybridized carbons (Fsp3) is 0.333. The Balaban J connectivity index is 1.94. The quantitative estimate of drug-likeness (QED) is 0.788. The lowest BCUT2D eigenvalue weighted by Gasteiger charge is -2.04. The van der Waals surface area contributed by atoms with E-state index >= 15 is 0 Å². The number of alkyl halides is 1. The molecule has 0 amide bonds. The van der Waals surface area contributed by atoms with Crippen molar-refractivity contribution in [2.45, 2.75) is 5.25 Å². The Morgan fingerprint density at radius 3 is 3.14 bits per heavy atom. The Kier molecular flexibility index (Phi) is 3.26. The summed E-state index contributed by atoms with van der Waals surface area (Å²) in [6.07, 6.45) is 1.75. The van der Waals surface area contributed by atoms with Crippen LogP contribution in [0.4, 0.5) is 5.82 Å². The van der Waals surface area contributed by atoms with E-state index in [0.717, 1.165) is 17.5 Å². The summed E-state index contributed by atoms with van der Waals surface area (Å²) >= 11 is 7.41. The minimum absolute atomic E-state index is 0.405. The van der Waals surface area contributed by atoms with Crippen molar-refractivity contribution in [3.63, 3.8) is 0 Å². The number of nitrogens with zero attached hydrogens (tertiary/aromatic N) is 2. The van der Waals surface area contributed by atoms with E-state index in [1.165, 1.54) is 0 Å². The molecule has 5 heteroatoms. The van der Waals surface area contributed by atoms with Gasteiger partial charge in [0, 0.05) is 17.3 Å². The second-order valence-electron chi connectivity index (χ2n) is 2.88. The van der Waals surface area contributed by atoms with Gasteiger partial charge in [-0.25, -0.2) is 4.98 Å². The van der Waals surface area contributed by atoms with Gasteiger partial charge in [-0.2, -0.15) is 0 Å². The van der Waals surface area contributed by atoms with Gasteiger partial charge in [-0.05, 0) is 12.1 Å². The highest BCUT2D eigenvalue weighted by Crippen LogP contribution is 2.22. The normalized spacial score (nSPS) is 20.6. The third-order valence-corrected chi connectivity index (χ3v) is 3.45. The zero-order chi connectivity index (χ0) is 9.80. The molecule has 3 nitrogen and oxygen atoms in total. The van der Waals surface area contributed by atoms with Gasteiger partial charge in [0.25, 0.3) is 0 Å². The van der Waals surface area contributed by atoms with Crippen molar-refractivity contribution in [2.24, 2.45) is 4.99 Å². The molecule has 1 atom stereocenters. The van der Waals surface area contributed by atoms with Gasteiger partial charge in [-0.15, -0.1) is 11.6 Å². The third-order valence-electron chi connectivity index (χ3n) is 1.79. The van der Waals surface area contributed by atoms with Crippen LogP contribution in [0.1, 0.15) is 0 Å². The molecule has 0 saturated heterocycles. The van der Waals surface area contributed by atoms with Crippen LogP contribution in [0, 0.1) is 0 Å². The number of anilines is 1. The van der Waals surface area contributed by atoms with Crippen LogP contribution in [0.3, 0.4) is 0 Å². The van der Waals surface area contributed by atoms with Gasteiger partial charge in [0.2, 0.25) is 0 Å². The van der Waals surface area contributed by atoms with Gasteiger partial charge in [0.05, 0.1) is 6.54 Å². The lowest BCUT2D eigenvalue weighted by atomic mass is 10.5. The van der Waals surface area contributed by atoms with Crippen molar-refractivity contribution >= 4 is 34.3 Å². The maximum Gasteiger partial charge on any atom is 0.162 e. The number of nitrogens with one attached hydrogen (secondary N) is 1. The molecule has 1 aromatic heterocycles. The van der Waals surface area contributed by atoms with E-state index in [-0.39, 0.29) is 0 Å². The van der Waals surface area contributed by atoms with E-state index in [0.29, 0.717) is 11.1 Å². The number of pyridine rings is 1. The van der Waals surface area contributed by atoms with Crippen LogP contribution in [-0.4, -0.2) is 27.8 Å². The number of thioether (sulfide) groups is 1. The fourth-order valence-corrected chi connectivity index (χ4v) is 2.24. The maximum absolute atomic E-state index is 5.74. The molecule has 0 fully saturated rings. The van der Waals surface area contributed by atoms with Gasteiger partial charge < -0.3 is 5.32 Å². The van der Waals surface area contributed by atoms with E-state index in [9.17, 15) is 0 Å². The molecule has 0 bridgehead atoms. The van der Waals surface area contributed by atoms with Crippen molar-refractivity contribution in [1.29, 1.82) is 0 Å². The van der Waals surface area contributed by atoms with Crippen LogP contribution in [0.15, 0.2) is 29.4 Å². The van der Waals surface area contributed by atoms with Crippen LogP contribution >= 0.6 is 23.4 Å². The number of aliphatic imine (C=N–C) groups is 1. The van der Waals surface area contributed by atoms with E-state index in [4.69, 9.17) is 11.6 Å². The average Bonchev–Trinajstić information content (AvgIpc) is 2.67. The number of rotatable bonds is 2. The van der Waals surface area contributed by atoms with Crippen molar-refractivity contribution in [2.75, 3.05) is 17.7 Å². The average molecular weight is 228 g/mol. The monoisotopic (exact) mass is 227 g/mol. The van der Waals surface area contributed by atoms with Crippen LogP contribution in [-0.2, 0) is 0 Å². The van der Waals surface area contributed by atoms with Crippen molar-refractivity contribution < 1.29 is 0 Å². The number of amidine groups is 1. The maximum atomic E-state index is 5.74. The summed E-state index contributed by atoms with van der Waals surface area (Å²) in [5.74, 6) is 1.47. The van der Waals surface area contributed by atoms with Crippen molar-refractivity contribution in [1.82, 2.24) is 4.98 Å². The molecule has 14 heavy (non-hydrogen) atoms. The SMILES string of the molecule is ClCC1CN=C(Nc2ccccn2)S1. The molecule has 0 spiro atoms. The van der Waals surface area contributed by atoms with E-state index < -0.39 is 0 Å². The van der Waals surface area contributed by atoms with E-state index in [1.807, 2.05) is 18.2 Å². The third kappa shape index (κ3) is 2.39. The van der Waals surface area contributed by atoms with Gasteiger partial charge in [0.1, 0.15) is 5.82 Å². The fourth-order valence-electron chi connectivity index (χ4n) is 1.11. The zero-order valence-corrected chi connectivity index (χ0v) is 9.05. The lowest BCUT2D eigenvalue weighted by molar-refractivity contribution is 0.982. The first kappa shape index (κ1) is 9.80. The topological polar surface area (TPSA) is 37.3 Å². The largest absolute Gasteiger partial charge is 0.320 e. The molecule has 1 aliphatic rings. The first-order valence-corrected chi connectivity index (χ1v) is 5.75. The van der Waals surface area contributed by atoms with Crippen LogP contribution in [0.25, 0.3) is 0 Å². The number of hydrogen-bond acceptors (Lipinski definition) is 4. The van der Waals surface area contributed by atoms with Crippen LogP contribution < -0.4 is 5.32 Å². The standard InChI is InChI=1S/C9H10ClN3S/c10-5-7-6-12-9(14-7)13-8-3-1-2-4-11-8/h1-4,7H,5-6H2,(H,11,12,13). The first-order chi connectivity index (χ1) is 6.88. The van der Waals surface area contributed by atoms with Crippen LogP contribution in [0.2, 0.25) is 0 Å². The summed E-state index contributed by atoms with van der Waals surface area (Å²) in [5.41, 5.74) is 0. The Morgan fingerprint density at radius 1 is 1.57 bits per heavy atom. The Hall–Kier alpha value is -0.740. The second kappa shape index (κ2) is 4.66. The van der Waals surface area contributed by atoms with Gasteiger partial charge in [-0.3, -0.25) is 4.99 Å². The van der Waals surface area contributed by atoms with Crippen molar-refractivity contribution in [3.8, 4) is 0 Å². The molecule has 0 radical (unpaired) electrons. The van der Waals surface area contributed by atoms with Crippen molar-refractivity contribution in [3.05, 3.63) is 24.4 Å². The van der Waals surface area contributed by atoms with Gasteiger partial charge in [-0.1, -0.05) is 17.8 Å². The molecule has 1 N–H and O–H groups in total. The molecule has 1 aromatic rings. The highest BCUT2D eigenvalue weighted by atomic mass is 35.5. The van der Waals surface area contributed by atoms with Gasteiger partial charge >= 0.3 is 0 Å². The summed E-state index contributed by atoms with van der Waals surface area (Å²) < 4.78 is 0. The van der Waals surface area contributed by atoms with Gasteiger partial charge in [0.15, 0.2) is 5.17 Å². The highest BCUT2D eigenvalue weighted by molar-refractivity contribution is 8.15. The molecule has 2 heterocycles. The van der Waals surface area contributed by atoms with E-state index in [2.05, 4.69) is 15.3 Å². The predicted octanol–water partition coefficient (Wildman–Crippen LogP) is 2.20. The molecule has 74 valence electrons. The number of halogens is 1. The first-order valence-electron chi connectivity index (χ1n) is 4.33.